The Morgan fingerprint density at radius 2 is 1.83 bits per heavy atom. The zero-order chi connectivity index (χ0) is 16.7. The molecule has 2 bridgehead atoms. The van der Waals surface area contributed by atoms with E-state index in [1.54, 1.807) is 0 Å². The van der Waals surface area contributed by atoms with Crippen molar-refractivity contribution >= 4 is 18.1 Å². The number of ether oxygens (including phenoxy) is 1. The van der Waals surface area contributed by atoms with Crippen LogP contribution in [0.15, 0.2) is 0 Å². The number of hydrogen-bond acceptors (Lipinski definition) is 4. The number of aldehydes is 1. The van der Waals surface area contributed by atoms with Crippen LogP contribution in [0, 0.1) is 11.8 Å². The minimum Gasteiger partial charge on any atom is -0.374 e. The Balaban J connectivity index is 1.66. The normalized spacial score (nSPS) is 28.6. The van der Waals surface area contributed by atoms with Crippen LogP contribution in [0.2, 0.25) is 0 Å². The second-order valence-corrected chi connectivity index (χ2v) is 6.56. The molecule has 0 aromatic heterocycles. The predicted molar refractivity (Wildman–Crippen MR) is 85.7 cm³/mol. The molecule has 0 aliphatic carbocycles. The summed E-state index contributed by atoms with van der Waals surface area (Å²) >= 11 is 0. The fourth-order valence-corrected chi connectivity index (χ4v) is 3.69. The highest BCUT2D eigenvalue weighted by molar-refractivity contribution is 5.84. The summed E-state index contributed by atoms with van der Waals surface area (Å²) in [6.45, 7) is 2.62. The summed E-state index contributed by atoms with van der Waals surface area (Å²) in [6.07, 6.45) is 7.23. The molecule has 2 N–H and O–H groups in total. The minimum atomic E-state index is -0.179. The summed E-state index contributed by atoms with van der Waals surface area (Å²) < 4.78 is 5.86. The first-order valence-electron chi connectivity index (χ1n) is 8.78. The minimum absolute atomic E-state index is 0.0188. The van der Waals surface area contributed by atoms with Crippen molar-refractivity contribution in [1.82, 2.24) is 10.6 Å². The smallest absolute Gasteiger partial charge is 0.239 e. The Morgan fingerprint density at radius 1 is 1.09 bits per heavy atom. The monoisotopic (exact) mass is 324 g/mol. The lowest BCUT2D eigenvalue weighted by molar-refractivity contribution is -0.126. The van der Waals surface area contributed by atoms with Crippen LogP contribution in [0.25, 0.3) is 0 Å². The van der Waals surface area contributed by atoms with Crippen molar-refractivity contribution in [3.63, 3.8) is 0 Å². The molecule has 6 nitrogen and oxygen atoms in total. The van der Waals surface area contributed by atoms with Crippen LogP contribution in [0.5, 0.6) is 0 Å². The fraction of sp³-hybridized carbons (Fsp3) is 0.824. The summed E-state index contributed by atoms with van der Waals surface area (Å²) in [5.41, 5.74) is 0. The average Bonchev–Trinajstić information content (AvgIpc) is 3.13. The zero-order valence-electron chi connectivity index (χ0n) is 13.9. The molecule has 0 aromatic rings. The number of nitrogens with one attached hydrogen (secondary N) is 2. The summed E-state index contributed by atoms with van der Waals surface area (Å²) in [5.74, 6) is 0.176. The van der Waals surface area contributed by atoms with E-state index < -0.39 is 0 Å². The first kappa shape index (κ1) is 17.9. The second-order valence-electron chi connectivity index (χ2n) is 6.56. The molecule has 0 aromatic carbocycles. The van der Waals surface area contributed by atoms with E-state index in [9.17, 15) is 14.4 Å². The molecule has 2 fully saturated rings. The van der Waals surface area contributed by atoms with Gasteiger partial charge in [0.2, 0.25) is 11.8 Å². The van der Waals surface area contributed by atoms with Gasteiger partial charge in [0.25, 0.3) is 0 Å². The molecule has 2 heterocycles. The molecule has 0 radical (unpaired) electrons. The number of hydrogen-bond donors (Lipinski definition) is 2. The van der Waals surface area contributed by atoms with Crippen molar-refractivity contribution < 1.29 is 19.1 Å². The van der Waals surface area contributed by atoms with E-state index >= 15 is 0 Å². The summed E-state index contributed by atoms with van der Waals surface area (Å²) in [6, 6.07) is 0. The molecule has 0 spiro atoms. The van der Waals surface area contributed by atoms with E-state index in [-0.39, 0.29) is 42.4 Å². The van der Waals surface area contributed by atoms with Gasteiger partial charge in [-0.15, -0.1) is 0 Å². The average molecular weight is 324 g/mol. The number of carbonyl (C=O) groups is 3. The largest absolute Gasteiger partial charge is 0.374 e. The molecule has 130 valence electrons. The number of amides is 2. The second kappa shape index (κ2) is 9.01. The van der Waals surface area contributed by atoms with E-state index in [0.717, 1.165) is 38.4 Å². The third kappa shape index (κ3) is 5.03. The van der Waals surface area contributed by atoms with Gasteiger partial charge in [0.15, 0.2) is 0 Å². The Bertz CT molecular complexity index is 427. The van der Waals surface area contributed by atoms with Gasteiger partial charge < -0.3 is 20.2 Å². The van der Waals surface area contributed by atoms with E-state index in [4.69, 9.17) is 4.74 Å². The summed E-state index contributed by atoms with van der Waals surface area (Å²) in [4.78, 5) is 34.3. The van der Waals surface area contributed by atoms with Gasteiger partial charge in [-0.3, -0.25) is 9.59 Å². The quantitative estimate of drug-likeness (QED) is 0.467. The molecule has 2 aliphatic heterocycles. The molecule has 2 rings (SSSR count). The molecule has 2 unspecified atom stereocenters. The molecule has 6 heteroatoms. The van der Waals surface area contributed by atoms with Crippen LogP contribution in [0.3, 0.4) is 0 Å². The highest BCUT2D eigenvalue weighted by Gasteiger charge is 2.48. The third-order valence-electron chi connectivity index (χ3n) is 4.95. The van der Waals surface area contributed by atoms with Gasteiger partial charge in [-0.05, 0) is 25.2 Å². The first-order chi connectivity index (χ1) is 11.2. The van der Waals surface area contributed by atoms with E-state index in [0.29, 0.717) is 19.4 Å². The molecular formula is C17H28N2O4. The maximum Gasteiger partial charge on any atom is 0.239 e. The number of fused-ring (bicyclic) bond motifs is 2. The highest BCUT2D eigenvalue weighted by Crippen LogP contribution is 2.44. The lowest BCUT2D eigenvalue weighted by Crippen LogP contribution is -2.42. The van der Waals surface area contributed by atoms with Gasteiger partial charge in [-0.25, -0.2) is 0 Å². The topological polar surface area (TPSA) is 84.5 Å². The van der Waals surface area contributed by atoms with Crippen molar-refractivity contribution in [2.24, 2.45) is 11.8 Å². The van der Waals surface area contributed by atoms with Crippen LogP contribution in [-0.2, 0) is 19.1 Å². The molecule has 2 saturated heterocycles. The van der Waals surface area contributed by atoms with Gasteiger partial charge in [0.1, 0.15) is 6.29 Å². The number of rotatable bonds is 10. The van der Waals surface area contributed by atoms with Crippen LogP contribution < -0.4 is 10.6 Å². The summed E-state index contributed by atoms with van der Waals surface area (Å²) in [5, 5.41) is 5.52. The lowest BCUT2D eigenvalue weighted by atomic mass is 9.78. The standard InChI is InChI=1S/C17H28N2O4/c1-2-3-4-5-16(21)19-11-17(22)18-10-13-12(8-9-20)14-6-7-15(13)23-14/h9,12-15H,2-8,10-11H2,1H3,(H,18,22)(H,19,21)/t12-,13?,14-,15?/m0/s1. The molecule has 0 saturated carbocycles. The Labute approximate surface area is 137 Å². The van der Waals surface area contributed by atoms with Crippen molar-refractivity contribution in [3.8, 4) is 0 Å². The van der Waals surface area contributed by atoms with Gasteiger partial charge >= 0.3 is 0 Å². The predicted octanol–water partition coefficient (Wildman–Crippen LogP) is 1.18. The Morgan fingerprint density at radius 3 is 2.52 bits per heavy atom. The summed E-state index contributed by atoms with van der Waals surface area (Å²) in [7, 11) is 0. The molecular weight excluding hydrogens is 296 g/mol. The van der Waals surface area contributed by atoms with E-state index in [1.807, 2.05) is 0 Å². The first-order valence-corrected chi connectivity index (χ1v) is 8.78. The van der Waals surface area contributed by atoms with Gasteiger partial charge in [-0.1, -0.05) is 19.8 Å². The highest BCUT2D eigenvalue weighted by atomic mass is 16.5. The van der Waals surface area contributed by atoms with Crippen molar-refractivity contribution in [1.29, 1.82) is 0 Å². The number of unbranched alkanes of at least 4 members (excludes halogenated alkanes) is 2. The zero-order valence-corrected chi connectivity index (χ0v) is 13.9. The van der Waals surface area contributed by atoms with Crippen LogP contribution in [0.4, 0.5) is 0 Å². The van der Waals surface area contributed by atoms with Crippen molar-refractivity contribution in [3.05, 3.63) is 0 Å². The molecule has 2 aliphatic rings. The third-order valence-corrected chi connectivity index (χ3v) is 4.95. The van der Waals surface area contributed by atoms with Crippen LogP contribution in [-0.4, -0.2) is 43.4 Å². The Hall–Kier alpha value is -1.43. The van der Waals surface area contributed by atoms with Gasteiger partial charge in [0.05, 0.1) is 18.8 Å². The molecule has 2 amide bonds. The number of carbonyl (C=O) groups excluding carboxylic acids is 3. The van der Waals surface area contributed by atoms with Gasteiger partial charge in [0, 0.05) is 25.3 Å². The molecule has 4 atom stereocenters. The fourth-order valence-electron chi connectivity index (χ4n) is 3.69. The molecule has 23 heavy (non-hydrogen) atoms. The van der Waals surface area contributed by atoms with E-state index in [1.165, 1.54) is 0 Å². The lowest BCUT2D eigenvalue weighted by Gasteiger charge is -2.26. The maximum absolute atomic E-state index is 11.9. The van der Waals surface area contributed by atoms with Crippen molar-refractivity contribution in [2.45, 2.75) is 64.1 Å². The van der Waals surface area contributed by atoms with E-state index in [2.05, 4.69) is 17.6 Å². The Kier molecular flexibility index (Phi) is 7.02. The SMILES string of the molecule is CCCCCC(=O)NCC(=O)NCC1C2CC[C@H](O2)[C@H]1CC=O. The van der Waals surface area contributed by atoms with Crippen LogP contribution >= 0.6 is 0 Å². The van der Waals surface area contributed by atoms with Gasteiger partial charge in [-0.2, -0.15) is 0 Å². The van der Waals surface area contributed by atoms with Crippen molar-refractivity contribution in [2.75, 3.05) is 13.1 Å². The van der Waals surface area contributed by atoms with Crippen LogP contribution in [0.1, 0.15) is 51.9 Å². The maximum atomic E-state index is 11.9.